The molecule has 1 aliphatic rings. The van der Waals surface area contributed by atoms with Crippen LogP contribution in [0.4, 0.5) is 0 Å². The van der Waals surface area contributed by atoms with Gasteiger partial charge in [0.1, 0.15) is 5.75 Å². The van der Waals surface area contributed by atoms with Gasteiger partial charge in [-0.3, -0.25) is 0 Å². The van der Waals surface area contributed by atoms with Crippen LogP contribution < -0.4 is 10.5 Å². The lowest BCUT2D eigenvalue weighted by molar-refractivity contribution is 0.0488. The van der Waals surface area contributed by atoms with Crippen LogP contribution in [0.5, 0.6) is 5.75 Å². The number of para-hydroxylation sites is 1. The van der Waals surface area contributed by atoms with Crippen LogP contribution in [0.25, 0.3) is 0 Å². The second kappa shape index (κ2) is 6.15. The van der Waals surface area contributed by atoms with Crippen LogP contribution >= 0.6 is 0 Å². The fourth-order valence-corrected chi connectivity index (χ4v) is 3.24. The van der Waals surface area contributed by atoms with Crippen molar-refractivity contribution < 1.29 is 9.47 Å². The highest BCUT2D eigenvalue weighted by Crippen LogP contribution is 2.41. The van der Waals surface area contributed by atoms with Crippen molar-refractivity contribution in [3.05, 3.63) is 29.8 Å². The van der Waals surface area contributed by atoms with E-state index in [2.05, 4.69) is 26.8 Å². The van der Waals surface area contributed by atoms with E-state index in [4.69, 9.17) is 15.2 Å². The van der Waals surface area contributed by atoms with Gasteiger partial charge in [-0.25, -0.2) is 0 Å². The molecule has 0 saturated carbocycles. The van der Waals surface area contributed by atoms with E-state index in [1.54, 1.807) is 0 Å². The van der Waals surface area contributed by atoms with Crippen molar-refractivity contribution in [1.29, 1.82) is 0 Å². The number of benzene rings is 1. The van der Waals surface area contributed by atoms with Crippen LogP contribution in [0.2, 0.25) is 0 Å². The van der Waals surface area contributed by atoms with Crippen molar-refractivity contribution in [2.75, 3.05) is 0 Å². The maximum absolute atomic E-state index is 6.56. The zero-order chi connectivity index (χ0) is 14.9. The van der Waals surface area contributed by atoms with Gasteiger partial charge in [0.15, 0.2) is 0 Å². The molecule has 0 spiro atoms. The molecule has 0 bridgehead atoms. The van der Waals surface area contributed by atoms with Gasteiger partial charge in [0.2, 0.25) is 0 Å². The van der Waals surface area contributed by atoms with Gasteiger partial charge in [0.25, 0.3) is 0 Å². The Morgan fingerprint density at radius 2 is 1.75 bits per heavy atom. The Morgan fingerprint density at radius 1 is 1.10 bits per heavy atom. The highest BCUT2D eigenvalue weighted by Gasteiger charge is 2.41. The van der Waals surface area contributed by atoms with E-state index in [-0.39, 0.29) is 24.4 Å². The molecule has 1 heterocycles. The summed E-state index contributed by atoms with van der Waals surface area (Å²) in [4.78, 5) is 0. The summed E-state index contributed by atoms with van der Waals surface area (Å²) in [7, 11) is 0. The van der Waals surface area contributed by atoms with Gasteiger partial charge >= 0.3 is 0 Å². The van der Waals surface area contributed by atoms with Crippen molar-refractivity contribution >= 4 is 0 Å². The van der Waals surface area contributed by atoms with Gasteiger partial charge in [-0.15, -0.1) is 0 Å². The first kappa shape index (κ1) is 15.3. The minimum atomic E-state index is -0.0556. The summed E-state index contributed by atoms with van der Waals surface area (Å²) < 4.78 is 11.8. The van der Waals surface area contributed by atoms with Crippen LogP contribution in [0.3, 0.4) is 0 Å². The van der Waals surface area contributed by atoms with Gasteiger partial charge in [-0.1, -0.05) is 25.1 Å². The molecule has 1 aliphatic heterocycles. The van der Waals surface area contributed by atoms with Crippen LogP contribution in [0.15, 0.2) is 24.3 Å². The molecule has 5 unspecified atom stereocenters. The normalized spacial score (nSPS) is 31.6. The number of ether oxygens (including phenoxy) is 2. The van der Waals surface area contributed by atoms with Crippen molar-refractivity contribution in [1.82, 2.24) is 0 Å². The first-order valence-corrected chi connectivity index (χ1v) is 7.58. The Morgan fingerprint density at radius 3 is 2.30 bits per heavy atom. The molecule has 2 N–H and O–H groups in total. The number of hydrogen-bond donors (Lipinski definition) is 1. The highest BCUT2D eigenvalue weighted by atomic mass is 16.5. The van der Waals surface area contributed by atoms with Gasteiger partial charge in [-0.05, 0) is 39.7 Å². The average molecular weight is 277 g/mol. The Hall–Kier alpha value is -1.06. The third-order valence-corrected chi connectivity index (χ3v) is 4.37. The summed E-state index contributed by atoms with van der Waals surface area (Å²) in [5.41, 5.74) is 7.65. The van der Waals surface area contributed by atoms with E-state index in [0.717, 1.165) is 11.3 Å². The van der Waals surface area contributed by atoms with E-state index in [1.165, 1.54) is 0 Å². The Labute approximate surface area is 122 Å². The van der Waals surface area contributed by atoms with E-state index in [0.29, 0.717) is 11.8 Å². The summed E-state index contributed by atoms with van der Waals surface area (Å²) in [6.45, 7) is 10.5. The SMILES string of the molecule is CC(C)Oc1ccccc1C(N)C1C(C)OC(C)C1C. The van der Waals surface area contributed by atoms with Crippen LogP contribution in [0.1, 0.15) is 46.2 Å². The van der Waals surface area contributed by atoms with Crippen molar-refractivity contribution in [2.24, 2.45) is 17.6 Å². The number of rotatable bonds is 4. The molecule has 1 fully saturated rings. The van der Waals surface area contributed by atoms with Crippen LogP contribution in [-0.4, -0.2) is 18.3 Å². The average Bonchev–Trinajstić information content (AvgIpc) is 2.62. The minimum Gasteiger partial charge on any atom is -0.491 e. The molecular weight excluding hydrogens is 250 g/mol. The maximum Gasteiger partial charge on any atom is 0.124 e. The molecule has 3 heteroatoms. The molecule has 0 aromatic heterocycles. The predicted octanol–water partition coefficient (Wildman–Crippen LogP) is 3.53. The molecule has 1 aromatic rings. The van der Waals surface area contributed by atoms with Crippen molar-refractivity contribution in [3.63, 3.8) is 0 Å². The second-order valence-electron chi connectivity index (χ2n) is 6.21. The minimum absolute atomic E-state index is 0.0556. The molecule has 0 amide bonds. The first-order valence-electron chi connectivity index (χ1n) is 7.58. The molecule has 1 saturated heterocycles. The molecule has 0 aliphatic carbocycles. The van der Waals surface area contributed by atoms with E-state index >= 15 is 0 Å². The molecular formula is C17H27NO2. The summed E-state index contributed by atoms with van der Waals surface area (Å²) in [6.07, 6.45) is 0.596. The zero-order valence-corrected chi connectivity index (χ0v) is 13.2. The predicted molar refractivity (Wildman–Crippen MR) is 81.8 cm³/mol. The lowest BCUT2D eigenvalue weighted by Crippen LogP contribution is -2.31. The van der Waals surface area contributed by atoms with Crippen LogP contribution in [0, 0.1) is 11.8 Å². The molecule has 20 heavy (non-hydrogen) atoms. The third kappa shape index (κ3) is 2.99. The van der Waals surface area contributed by atoms with Gasteiger partial charge in [0.05, 0.1) is 18.3 Å². The summed E-state index contributed by atoms with van der Waals surface area (Å²) in [5.74, 6) is 1.67. The van der Waals surface area contributed by atoms with E-state index < -0.39 is 0 Å². The Bertz CT molecular complexity index is 446. The lowest BCUT2D eigenvalue weighted by atomic mass is 9.81. The lowest BCUT2D eigenvalue weighted by Gasteiger charge is -2.28. The van der Waals surface area contributed by atoms with Gasteiger partial charge in [0, 0.05) is 17.5 Å². The zero-order valence-electron chi connectivity index (χ0n) is 13.2. The first-order chi connectivity index (χ1) is 9.41. The maximum atomic E-state index is 6.56. The highest BCUT2D eigenvalue weighted by molar-refractivity contribution is 5.36. The van der Waals surface area contributed by atoms with E-state index in [9.17, 15) is 0 Å². The summed E-state index contributed by atoms with van der Waals surface area (Å²) in [5, 5.41) is 0. The quantitative estimate of drug-likeness (QED) is 0.915. The molecule has 3 nitrogen and oxygen atoms in total. The topological polar surface area (TPSA) is 44.5 Å². The Balaban J connectivity index is 2.27. The summed E-state index contributed by atoms with van der Waals surface area (Å²) >= 11 is 0. The monoisotopic (exact) mass is 277 g/mol. The largest absolute Gasteiger partial charge is 0.491 e. The Kier molecular flexibility index (Phi) is 4.71. The number of hydrogen-bond acceptors (Lipinski definition) is 3. The van der Waals surface area contributed by atoms with Crippen molar-refractivity contribution in [2.45, 2.75) is 59.0 Å². The molecule has 1 aromatic carbocycles. The third-order valence-electron chi connectivity index (χ3n) is 4.37. The van der Waals surface area contributed by atoms with Crippen molar-refractivity contribution in [3.8, 4) is 5.75 Å². The number of nitrogens with two attached hydrogens (primary N) is 1. The standard InChI is InChI=1S/C17H27NO2/c1-10(2)19-15-9-7-6-8-14(15)17(18)16-11(3)12(4)20-13(16)5/h6-13,16-17H,18H2,1-5H3. The van der Waals surface area contributed by atoms with Gasteiger partial charge < -0.3 is 15.2 Å². The second-order valence-corrected chi connectivity index (χ2v) is 6.21. The molecule has 5 atom stereocenters. The molecule has 112 valence electrons. The summed E-state index contributed by atoms with van der Waals surface area (Å²) in [6, 6.07) is 8.04. The van der Waals surface area contributed by atoms with Gasteiger partial charge in [-0.2, -0.15) is 0 Å². The fraction of sp³-hybridized carbons (Fsp3) is 0.647. The molecule has 0 radical (unpaired) electrons. The smallest absolute Gasteiger partial charge is 0.124 e. The van der Waals surface area contributed by atoms with Crippen LogP contribution in [-0.2, 0) is 4.74 Å². The fourth-order valence-electron chi connectivity index (χ4n) is 3.24. The van der Waals surface area contributed by atoms with E-state index in [1.807, 2.05) is 32.0 Å². The molecule has 2 rings (SSSR count).